The van der Waals surface area contributed by atoms with Crippen molar-refractivity contribution in [3.8, 4) is 11.5 Å². The average Bonchev–Trinajstić information content (AvgIpc) is 2.38. The SMILES string of the molecule is CCC[C@@H](C)C(=O)Nc1cc(OC)cc(OC)c1. The number of nitrogens with one attached hydrogen (secondary N) is 1. The number of benzene rings is 1. The molecule has 1 atom stereocenters. The summed E-state index contributed by atoms with van der Waals surface area (Å²) in [6.45, 7) is 3.99. The molecular weight excluding hydrogens is 230 g/mol. The van der Waals surface area contributed by atoms with E-state index in [1.807, 2.05) is 6.92 Å². The van der Waals surface area contributed by atoms with Crippen LogP contribution in [0.15, 0.2) is 18.2 Å². The molecule has 1 rings (SSSR count). The number of anilines is 1. The van der Waals surface area contributed by atoms with Crippen molar-refractivity contribution in [1.29, 1.82) is 0 Å². The number of methoxy groups -OCH3 is 2. The van der Waals surface area contributed by atoms with E-state index in [0.29, 0.717) is 17.2 Å². The minimum atomic E-state index is 0.00666. The molecule has 0 aliphatic heterocycles. The summed E-state index contributed by atoms with van der Waals surface area (Å²) < 4.78 is 10.3. The quantitative estimate of drug-likeness (QED) is 0.845. The van der Waals surface area contributed by atoms with Gasteiger partial charge in [0.25, 0.3) is 0 Å². The summed E-state index contributed by atoms with van der Waals surface area (Å²) in [6, 6.07) is 5.32. The van der Waals surface area contributed by atoms with Crippen LogP contribution < -0.4 is 14.8 Å². The van der Waals surface area contributed by atoms with Crippen LogP contribution in [-0.4, -0.2) is 20.1 Å². The summed E-state index contributed by atoms with van der Waals surface area (Å²) in [5.41, 5.74) is 0.694. The van der Waals surface area contributed by atoms with Gasteiger partial charge in [-0.2, -0.15) is 0 Å². The highest BCUT2D eigenvalue weighted by Gasteiger charge is 2.12. The molecular formula is C14H21NO3. The van der Waals surface area contributed by atoms with Gasteiger partial charge in [-0.3, -0.25) is 4.79 Å². The van der Waals surface area contributed by atoms with Crippen molar-refractivity contribution in [2.24, 2.45) is 5.92 Å². The number of amides is 1. The van der Waals surface area contributed by atoms with Crippen molar-refractivity contribution in [3.05, 3.63) is 18.2 Å². The van der Waals surface area contributed by atoms with Crippen LogP contribution >= 0.6 is 0 Å². The summed E-state index contributed by atoms with van der Waals surface area (Å²) in [5.74, 6) is 1.35. The second-order valence-electron chi connectivity index (χ2n) is 4.28. The first kappa shape index (κ1) is 14.4. The van der Waals surface area contributed by atoms with Crippen LogP contribution in [0.2, 0.25) is 0 Å². The van der Waals surface area contributed by atoms with Gasteiger partial charge in [-0.15, -0.1) is 0 Å². The van der Waals surface area contributed by atoms with Gasteiger partial charge in [-0.25, -0.2) is 0 Å². The summed E-state index contributed by atoms with van der Waals surface area (Å²) >= 11 is 0. The van der Waals surface area contributed by atoms with Gasteiger partial charge in [0.2, 0.25) is 5.91 Å². The molecule has 0 saturated heterocycles. The number of ether oxygens (including phenoxy) is 2. The second kappa shape index (κ2) is 6.89. The smallest absolute Gasteiger partial charge is 0.227 e. The molecule has 0 aliphatic rings. The van der Waals surface area contributed by atoms with Crippen LogP contribution in [0.5, 0.6) is 11.5 Å². The van der Waals surface area contributed by atoms with E-state index in [-0.39, 0.29) is 11.8 Å². The van der Waals surface area contributed by atoms with Crippen molar-refractivity contribution < 1.29 is 14.3 Å². The molecule has 100 valence electrons. The highest BCUT2D eigenvalue weighted by Crippen LogP contribution is 2.26. The third-order valence-electron chi connectivity index (χ3n) is 2.79. The Morgan fingerprint density at radius 1 is 1.22 bits per heavy atom. The Labute approximate surface area is 108 Å². The van der Waals surface area contributed by atoms with E-state index in [4.69, 9.17) is 9.47 Å². The maximum absolute atomic E-state index is 11.9. The standard InChI is InChI=1S/C14H21NO3/c1-5-6-10(2)14(16)15-11-7-12(17-3)9-13(8-11)18-4/h7-10H,5-6H2,1-4H3,(H,15,16)/t10-/m1/s1. The topological polar surface area (TPSA) is 47.6 Å². The number of rotatable bonds is 6. The van der Waals surface area contributed by atoms with Crippen LogP contribution in [0, 0.1) is 5.92 Å². The summed E-state index contributed by atoms with van der Waals surface area (Å²) in [6.07, 6.45) is 1.88. The van der Waals surface area contributed by atoms with Gasteiger partial charge >= 0.3 is 0 Å². The first-order valence-electron chi connectivity index (χ1n) is 6.14. The normalized spacial score (nSPS) is 11.8. The van der Waals surface area contributed by atoms with E-state index in [1.165, 1.54) is 0 Å². The maximum atomic E-state index is 11.9. The van der Waals surface area contributed by atoms with E-state index in [2.05, 4.69) is 12.2 Å². The number of hydrogen-bond acceptors (Lipinski definition) is 3. The van der Waals surface area contributed by atoms with Gasteiger partial charge in [0.05, 0.1) is 14.2 Å². The molecule has 0 saturated carbocycles. The minimum Gasteiger partial charge on any atom is -0.497 e. The fourth-order valence-corrected chi connectivity index (χ4v) is 1.71. The molecule has 18 heavy (non-hydrogen) atoms. The van der Waals surface area contributed by atoms with Crippen molar-refractivity contribution >= 4 is 11.6 Å². The Balaban J connectivity index is 2.80. The summed E-state index contributed by atoms with van der Waals surface area (Å²) in [4.78, 5) is 11.9. The van der Waals surface area contributed by atoms with Crippen LogP contribution in [0.1, 0.15) is 26.7 Å². The minimum absolute atomic E-state index is 0.00666. The van der Waals surface area contributed by atoms with Gasteiger partial charge in [-0.1, -0.05) is 20.3 Å². The van der Waals surface area contributed by atoms with E-state index in [1.54, 1.807) is 32.4 Å². The zero-order valence-electron chi connectivity index (χ0n) is 11.4. The number of hydrogen-bond donors (Lipinski definition) is 1. The molecule has 1 aromatic rings. The fraction of sp³-hybridized carbons (Fsp3) is 0.500. The molecule has 1 aromatic carbocycles. The Hall–Kier alpha value is -1.71. The highest BCUT2D eigenvalue weighted by molar-refractivity contribution is 5.92. The van der Waals surface area contributed by atoms with Gasteiger partial charge < -0.3 is 14.8 Å². The van der Waals surface area contributed by atoms with Crippen LogP contribution in [0.3, 0.4) is 0 Å². The molecule has 4 nitrogen and oxygen atoms in total. The summed E-state index contributed by atoms with van der Waals surface area (Å²) in [7, 11) is 3.17. The van der Waals surface area contributed by atoms with Crippen LogP contribution in [0.4, 0.5) is 5.69 Å². The zero-order valence-corrected chi connectivity index (χ0v) is 11.4. The first-order valence-corrected chi connectivity index (χ1v) is 6.14. The van der Waals surface area contributed by atoms with Crippen molar-refractivity contribution in [2.75, 3.05) is 19.5 Å². The van der Waals surface area contributed by atoms with Crippen molar-refractivity contribution in [1.82, 2.24) is 0 Å². The summed E-state index contributed by atoms with van der Waals surface area (Å²) in [5, 5.41) is 2.88. The van der Waals surface area contributed by atoms with Gasteiger partial charge in [-0.05, 0) is 6.42 Å². The van der Waals surface area contributed by atoms with Gasteiger partial charge in [0.15, 0.2) is 0 Å². The first-order chi connectivity index (χ1) is 8.60. The molecule has 1 amide bonds. The van der Waals surface area contributed by atoms with Gasteiger partial charge in [0, 0.05) is 29.8 Å². The van der Waals surface area contributed by atoms with Crippen LogP contribution in [0.25, 0.3) is 0 Å². The lowest BCUT2D eigenvalue weighted by molar-refractivity contribution is -0.119. The Kier molecular flexibility index (Phi) is 5.49. The van der Waals surface area contributed by atoms with E-state index >= 15 is 0 Å². The lowest BCUT2D eigenvalue weighted by Crippen LogP contribution is -2.20. The predicted octanol–water partition coefficient (Wildman–Crippen LogP) is 3.08. The third-order valence-corrected chi connectivity index (χ3v) is 2.79. The van der Waals surface area contributed by atoms with Gasteiger partial charge in [0.1, 0.15) is 11.5 Å². The molecule has 0 fully saturated rings. The van der Waals surface area contributed by atoms with Crippen molar-refractivity contribution in [2.45, 2.75) is 26.7 Å². The lowest BCUT2D eigenvalue weighted by atomic mass is 10.1. The molecule has 0 spiro atoms. The molecule has 0 aromatic heterocycles. The lowest BCUT2D eigenvalue weighted by Gasteiger charge is -2.13. The largest absolute Gasteiger partial charge is 0.497 e. The van der Waals surface area contributed by atoms with E-state index in [0.717, 1.165) is 12.8 Å². The van der Waals surface area contributed by atoms with E-state index < -0.39 is 0 Å². The number of carbonyl (C=O) groups excluding carboxylic acids is 1. The highest BCUT2D eigenvalue weighted by atomic mass is 16.5. The Bertz CT molecular complexity index is 382. The molecule has 0 radical (unpaired) electrons. The Morgan fingerprint density at radius 3 is 2.22 bits per heavy atom. The zero-order chi connectivity index (χ0) is 13.5. The predicted molar refractivity (Wildman–Crippen MR) is 72.2 cm³/mol. The maximum Gasteiger partial charge on any atom is 0.227 e. The monoisotopic (exact) mass is 251 g/mol. The van der Waals surface area contributed by atoms with Crippen LogP contribution in [-0.2, 0) is 4.79 Å². The number of carbonyl (C=O) groups is 1. The molecule has 0 aliphatic carbocycles. The Morgan fingerprint density at radius 2 is 1.78 bits per heavy atom. The molecule has 0 heterocycles. The molecule has 1 N–H and O–H groups in total. The fourth-order valence-electron chi connectivity index (χ4n) is 1.71. The average molecular weight is 251 g/mol. The molecule has 0 unspecified atom stereocenters. The third kappa shape index (κ3) is 3.95. The van der Waals surface area contributed by atoms with Crippen molar-refractivity contribution in [3.63, 3.8) is 0 Å². The molecule has 0 bridgehead atoms. The second-order valence-corrected chi connectivity index (χ2v) is 4.28. The molecule has 4 heteroatoms. The van der Waals surface area contributed by atoms with E-state index in [9.17, 15) is 4.79 Å².